The first-order valence-electron chi connectivity index (χ1n) is 5.16. The van der Waals surface area contributed by atoms with Crippen LogP contribution in [0.3, 0.4) is 0 Å². The van der Waals surface area contributed by atoms with Crippen LogP contribution in [0.2, 0.25) is 5.02 Å². The SMILES string of the molecule is CC(N)c1ncc(Oc2ccc(Cl)cc2)cn1. The summed E-state index contributed by atoms with van der Waals surface area (Å²) in [5.41, 5.74) is 5.65. The Balaban J connectivity index is 2.11. The van der Waals surface area contributed by atoms with Gasteiger partial charge in [-0.2, -0.15) is 0 Å². The molecule has 1 atom stereocenters. The third-order valence-corrected chi connectivity index (χ3v) is 2.36. The average Bonchev–Trinajstić information content (AvgIpc) is 2.33. The molecule has 0 saturated carbocycles. The minimum atomic E-state index is -0.181. The number of aromatic nitrogens is 2. The minimum Gasteiger partial charge on any atom is -0.454 e. The highest BCUT2D eigenvalue weighted by Gasteiger charge is 2.03. The van der Waals surface area contributed by atoms with Crippen LogP contribution in [0.1, 0.15) is 18.8 Å². The topological polar surface area (TPSA) is 61.0 Å². The summed E-state index contributed by atoms with van der Waals surface area (Å²) in [6, 6.07) is 6.89. The van der Waals surface area contributed by atoms with E-state index in [0.717, 1.165) is 0 Å². The Morgan fingerprint density at radius 3 is 2.24 bits per heavy atom. The Morgan fingerprint density at radius 2 is 1.71 bits per heavy atom. The molecule has 1 aromatic heterocycles. The molecule has 4 nitrogen and oxygen atoms in total. The molecule has 5 heteroatoms. The second-order valence-electron chi connectivity index (χ2n) is 3.62. The summed E-state index contributed by atoms with van der Waals surface area (Å²) >= 11 is 5.78. The molecule has 0 aliphatic carbocycles. The lowest BCUT2D eigenvalue weighted by atomic mass is 10.3. The fourth-order valence-electron chi connectivity index (χ4n) is 1.25. The van der Waals surface area contributed by atoms with Crippen molar-refractivity contribution in [3.8, 4) is 11.5 Å². The summed E-state index contributed by atoms with van der Waals surface area (Å²) < 4.78 is 5.54. The van der Waals surface area contributed by atoms with Gasteiger partial charge in [-0.05, 0) is 31.2 Å². The standard InChI is InChI=1S/C12H12ClN3O/c1-8(14)12-15-6-11(7-16-12)17-10-4-2-9(13)3-5-10/h2-8H,14H2,1H3. The summed E-state index contributed by atoms with van der Waals surface area (Å²) in [4.78, 5) is 8.21. The van der Waals surface area contributed by atoms with Crippen LogP contribution in [0, 0.1) is 0 Å². The van der Waals surface area contributed by atoms with Gasteiger partial charge in [-0.3, -0.25) is 0 Å². The molecule has 2 N–H and O–H groups in total. The highest BCUT2D eigenvalue weighted by atomic mass is 35.5. The first-order valence-corrected chi connectivity index (χ1v) is 5.54. The van der Waals surface area contributed by atoms with Crippen molar-refractivity contribution in [3.05, 3.63) is 47.5 Å². The maximum Gasteiger partial charge on any atom is 0.164 e. The van der Waals surface area contributed by atoms with Gasteiger partial charge in [0, 0.05) is 5.02 Å². The van der Waals surface area contributed by atoms with Gasteiger partial charge < -0.3 is 10.5 Å². The monoisotopic (exact) mass is 249 g/mol. The highest BCUT2D eigenvalue weighted by Crippen LogP contribution is 2.22. The van der Waals surface area contributed by atoms with Crippen LogP contribution >= 0.6 is 11.6 Å². The Hall–Kier alpha value is -1.65. The number of rotatable bonds is 3. The third kappa shape index (κ3) is 3.15. The van der Waals surface area contributed by atoms with Crippen LogP contribution in [-0.4, -0.2) is 9.97 Å². The van der Waals surface area contributed by atoms with E-state index >= 15 is 0 Å². The van der Waals surface area contributed by atoms with Gasteiger partial charge in [-0.1, -0.05) is 11.6 Å². The summed E-state index contributed by atoms with van der Waals surface area (Å²) in [7, 11) is 0. The molecule has 0 spiro atoms. The number of nitrogens with two attached hydrogens (primary N) is 1. The van der Waals surface area contributed by atoms with Crippen LogP contribution in [0.15, 0.2) is 36.7 Å². The van der Waals surface area contributed by atoms with Crippen molar-refractivity contribution in [2.75, 3.05) is 0 Å². The van der Waals surface area contributed by atoms with Crippen LogP contribution in [0.25, 0.3) is 0 Å². The van der Waals surface area contributed by atoms with Crippen molar-refractivity contribution in [3.63, 3.8) is 0 Å². The van der Waals surface area contributed by atoms with Crippen molar-refractivity contribution < 1.29 is 4.74 Å². The Labute approximate surface area is 104 Å². The Kier molecular flexibility index (Phi) is 3.56. The van der Waals surface area contributed by atoms with E-state index < -0.39 is 0 Å². The normalized spacial score (nSPS) is 12.2. The van der Waals surface area contributed by atoms with Crippen LogP contribution in [0.4, 0.5) is 0 Å². The van der Waals surface area contributed by atoms with Crippen molar-refractivity contribution in [1.82, 2.24) is 9.97 Å². The smallest absolute Gasteiger partial charge is 0.164 e. The van der Waals surface area contributed by atoms with Crippen LogP contribution in [0.5, 0.6) is 11.5 Å². The molecule has 88 valence electrons. The molecule has 0 saturated heterocycles. The Bertz CT molecular complexity index is 482. The zero-order valence-electron chi connectivity index (χ0n) is 9.30. The van der Waals surface area contributed by atoms with Gasteiger partial charge in [-0.25, -0.2) is 9.97 Å². The quantitative estimate of drug-likeness (QED) is 0.909. The molecule has 2 aromatic rings. The van der Waals surface area contributed by atoms with Gasteiger partial charge in [0.2, 0.25) is 0 Å². The van der Waals surface area contributed by atoms with Gasteiger partial charge >= 0.3 is 0 Å². The predicted octanol–water partition coefficient (Wildman–Crippen LogP) is 2.94. The first-order chi connectivity index (χ1) is 8.15. The molecule has 2 rings (SSSR count). The summed E-state index contributed by atoms with van der Waals surface area (Å²) in [5, 5.41) is 0.668. The van der Waals surface area contributed by atoms with E-state index in [9.17, 15) is 0 Å². The van der Waals surface area contributed by atoms with E-state index in [1.807, 2.05) is 6.92 Å². The molecule has 0 amide bonds. The number of halogens is 1. The summed E-state index contributed by atoms with van der Waals surface area (Å²) in [6.45, 7) is 1.83. The molecular formula is C12H12ClN3O. The number of nitrogens with zero attached hydrogens (tertiary/aromatic N) is 2. The van der Waals surface area contributed by atoms with Gasteiger partial charge in [0.1, 0.15) is 11.6 Å². The van der Waals surface area contributed by atoms with E-state index in [2.05, 4.69) is 9.97 Å². The lowest BCUT2D eigenvalue weighted by molar-refractivity contribution is 0.475. The largest absolute Gasteiger partial charge is 0.454 e. The molecule has 0 aliphatic heterocycles. The van der Waals surface area contributed by atoms with E-state index in [0.29, 0.717) is 22.3 Å². The number of benzene rings is 1. The number of hydrogen-bond acceptors (Lipinski definition) is 4. The number of hydrogen-bond donors (Lipinski definition) is 1. The summed E-state index contributed by atoms with van der Waals surface area (Å²) in [5.74, 6) is 1.84. The molecule has 1 heterocycles. The molecule has 1 unspecified atom stereocenters. The fraction of sp³-hybridized carbons (Fsp3) is 0.167. The highest BCUT2D eigenvalue weighted by molar-refractivity contribution is 6.30. The zero-order valence-corrected chi connectivity index (χ0v) is 10.1. The van der Waals surface area contributed by atoms with Crippen molar-refractivity contribution >= 4 is 11.6 Å². The predicted molar refractivity (Wildman–Crippen MR) is 66.2 cm³/mol. The first kappa shape index (κ1) is 11.8. The van der Waals surface area contributed by atoms with Gasteiger partial charge in [0.05, 0.1) is 18.4 Å². The van der Waals surface area contributed by atoms with Crippen molar-refractivity contribution in [2.45, 2.75) is 13.0 Å². The van der Waals surface area contributed by atoms with Crippen molar-refractivity contribution in [1.29, 1.82) is 0 Å². The van der Waals surface area contributed by atoms with E-state index in [1.54, 1.807) is 36.7 Å². The second-order valence-corrected chi connectivity index (χ2v) is 4.06. The third-order valence-electron chi connectivity index (χ3n) is 2.10. The molecule has 17 heavy (non-hydrogen) atoms. The van der Waals surface area contributed by atoms with E-state index in [1.165, 1.54) is 0 Å². The Morgan fingerprint density at radius 1 is 1.12 bits per heavy atom. The van der Waals surface area contributed by atoms with Gasteiger partial charge in [0.25, 0.3) is 0 Å². The minimum absolute atomic E-state index is 0.181. The van der Waals surface area contributed by atoms with Crippen LogP contribution < -0.4 is 10.5 Å². The molecule has 1 aromatic carbocycles. The van der Waals surface area contributed by atoms with Gasteiger partial charge in [0.15, 0.2) is 5.75 Å². The maximum absolute atomic E-state index is 5.78. The lowest BCUT2D eigenvalue weighted by Gasteiger charge is -2.06. The molecule has 0 fully saturated rings. The van der Waals surface area contributed by atoms with Gasteiger partial charge in [-0.15, -0.1) is 0 Å². The fourth-order valence-corrected chi connectivity index (χ4v) is 1.38. The zero-order chi connectivity index (χ0) is 12.3. The number of ether oxygens (including phenoxy) is 1. The van der Waals surface area contributed by atoms with Crippen molar-refractivity contribution in [2.24, 2.45) is 5.73 Å². The summed E-state index contributed by atoms with van der Waals surface area (Å²) in [6.07, 6.45) is 3.20. The maximum atomic E-state index is 5.78. The average molecular weight is 250 g/mol. The second kappa shape index (κ2) is 5.12. The molecule has 0 radical (unpaired) electrons. The van der Waals surface area contributed by atoms with Crippen LogP contribution in [-0.2, 0) is 0 Å². The molecular weight excluding hydrogens is 238 g/mol. The lowest BCUT2D eigenvalue weighted by Crippen LogP contribution is -2.09. The van der Waals surface area contributed by atoms with E-state index in [4.69, 9.17) is 22.1 Å². The molecule has 0 aliphatic rings. The van der Waals surface area contributed by atoms with E-state index in [-0.39, 0.29) is 6.04 Å². The molecule has 0 bridgehead atoms.